The normalized spacial score (nSPS) is 11.0. The number of fused-ring (bicyclic) bond motifs is 1. The van der Waals surface area contributed by atoms with Crippen LogP contribution in [0.2, 0.25) is 5.02 Å². The zero-order valence-electron chi connectivity index (χ0n) is 14.7. The summed E-state index contributed by atoms with van der Waals surface area (Å²) in [5.41, 5.74) is 1.90. The van der Waals surface area contributed by atoms with Crippen LogP contribution in [0.25, 0.3) is 10.9 Å². The predicted molar refractivity (Wildman–Crippen MR) is 99.2 cm³/mol. The van der Waals surface area contributed by atoms with Gasteiger partial charge in [-0.05, 0) is 25.5 Å². The first-order chi connectivity index (χ1) is 12.6. The van der Waals surface area contributed by atoms with E-state index in [4.69, 9.17) is 16.3 Å². The first-order valence-electron chi connectivity index (χ1n) is 8.30. The van der Waals surface area contributed by atoms with E-state index in [0.29, 0.717) is 28.5 Å². The number of carbonyl (C=O) groups excluding carboxylic acids is 1. The zero-order valence-corrected chi connectivity index (χ0v) is 15.5. The monoisotopic (exact) mass is 373 g/mol. The number of nitrogens with one attached hydrogen (secondary N) is 1. The molecule has 0 saturated carbocycles. The lowest BCUT2D eigenvalue weighted by Gasteiger charge is -2.10. The Balaban J connectivity index is 1.77. The van der Waals surface area contributed by atoms with E-state index in [-0.39, 0.29) is 12.5 Å². The molecule has 3 aromatic rings. The van der Waals surface area contributed by atoms with Crippen molar-refractivity contribution >= 4 is 28.4 Å². The molecular weight excluding hydrogens is 354 g/mol. The van der Waals surface area contributed by atoms with Gasteiger partial charge in [0.25, 0.3) is 5.91 Å². The molecule has 0 unspecified atom stereocenters. The second-order valence-electron chi connectivity index (χ2n) is 5.92. The Bertz CT molecular complexity index is 925. The molecule has 0 aliphatic heterocycles. The van der Waals surface area contributed by atoms with Gasteiger partial charge in [-0.2, -0.15) is 0 Å². The molecule has 7 nitrogen and oxygen atoms in total. The fourth-order valence-electron chi connectivity index (χ4n) is 2.77. The van der Waals surface area contributed by atoms with Gasteiger partial charge in [-0.15, -0.1) is 10.2 Å². The number of para-hydroxylation sites is 1. The van der Waals surface area contributed by atoms with Crippen LogP contribution >= 0.6 is 11.6 Å². The SMILES string of the molecule is COCCCn1cnnc1CNC(=O)c1cc(C)nc2c(Cl)cccc12. The Labute approximate surface area is 156 Å². The van der Waals surface area contributed by atoms with Gasteiger partial charge in [0.15, 0.2) is 5.82 Å². The molecule has 136 valence electrons. The average Bonchev–Trinajstić information content (AvgIpc) is 3.07. The predicted octanol–water partition coefficient (Wildman–Crippen LogP) is 2.75. The third kappa shape index (κ3) is 4.00. The van der Waals surface area contributed by atoms with E-state index in [0.717, 1.165) is 24.0 Å². The van der Waals surface area contributed by atoms with Gasteiger partial charge in [0.1, 0.15) is 6.33 Å². The minimum absolute atomic E-state index is 0.200. The first-order valence-corrected chi connectivity index (χ1v) is 8.67. The molecule has 1 aromatic carbocycles. The maximum Gasteiger partial charge on any atom is 0.252 e. The second kappa shape index (κ2) is 8.25. The largest absolute Gasteiger partial charge is 0.385 e. The lowest BCUT2D eigenvalue weighted by atomic mass is 10.1. The highest BCUT2D eigenvalue weighted by molar-refractivity contribution is 6.35. The average molecular weight is 374 g/mol. The van der Waals surface area contributed by atoms with Gasteiger partial charge in [-0.3, -0.25) is 9.78 Å². The number of pyridine rings is 1. The number of rotatable bonds is 7. The van der Waals surface area contributed by atoms with E-state index in [2.05, 4.69) is 20.5 Å². The summed E-state index contributed by atoms with van der Waals surface area (Å²) in [6.45, 7) is 3.52. The molecule has 0 aliphatic carbocycles. The fraction of sp³-hybridized carbons (Fsp3) is 0.333. The maximum atomic E-state index is 12.7. The lowest BCUT2D eigenvalue weighted by molar-refractivity contribution is 0.0951. The minimum Gasteiger partial charge on any atom is -0.385 e. The number of benzene rings is 1. The topological polar surface area (TPSA) is 81.9 Å². The van der Waals surface area contributed by atoms with Gasteiger partial charge in [0.05, 0.1) is 22.6 Å². The molecule has 26 heavy (non-hydrogen) atoms. The zero-order chi connectivity index (χ0) is 18.5. The molecule has 2 heterocycles. The van der Waals surface area contributed by atoms with E-state index in [1.807, 2.05) is 23.6 Å². The first kappa shape index (κ1) is 18.3. The van der Waals surface area contributed by atoms with Crippen LogP contribution in [-0.2, 0) is 17.8 Å². The second-order valence-corrected chi connectivity index (χ2v) is 6.32. The highest BCUT2D eigenvalue weighted by Crippen LogP contribution is 2.25. The van der Waals surface area contributed by atoms with Crippen LogP contribution in [0.15, 0.2) is 30.6 Å². The number of halogens is 1. The van der Waals surface area contributed by atoms with Gasteiger partial charge in [-0.1, -0.05) is 23.7 Å². The minimum atomic E-state index is -0.200. The molecule has 0 atom stereocenters. The number of nitrogens with zero attached hydrogens (tertiary/aromatic N) is 4. The van der Waals surface area contributed by atoms with Crippen molar-refractivity contribution in [3.63, 3.8) is 0 Å². The Morgan fingerprint density at radius 1 is 1.38 bits per heavy atom. The van der Waals surface area contributed by atoms with Crippen LogP contribution in [0.5, 0.6) is 0 Å². The number of hydrogen-bond acceptors (Lipinski definition) is 5. The Morgan fingerprint density at radius 3 is 3.04 bits per heavy atom. The number of aryl methyl sites for hydroxylation is 2. The molecule has 0 fully saturated rings. The Hall–Kier alpha value is -2.51. The molecule has 0 radical (unpaired) electrons. The quantitative estimate of drug-likeness (QED) is 0.644. The van der Waals surface area contributed by atoms with E-state index in [1.54, 1.807) is 25.6 Å². The molecule has 0 saturated heterocycles. The summed E-state index contributed by atoms with van der Waals surface area (Å²) in [5.74, 6) is 0.497. The van der Waals surface area contributed by atoms with Crippen LogP contribution in [-0.4, -0.2) is 39.4 Å². The number of ether oxygens (including phenoxy) is 1. The van der Waals surface area contributed by atoms with E-state index >= 15 is 0 Å². The number of aromatic nitrogens is 4. The number of carbonyl (C=O) groups is 1. The summed E-state index contributed by atoms with van der Waals surface area (Å²) >= 11 is 6.22. The number of methoxy groups -OCH3 is 1. The summed E-state index contributed by atoms with van der Waals surface area (Å²) in [6.07, 6.45) is 2.51. The van der Waals surface area contributed by atoms with Crippen molar-refractivity contribution in [2.24, 2.45) is 0 Å². The molecule has 1 amide bonds. The molecule has 1 N–H and O–H groups in total. The van der Waals surface area contributed by atoms with Gasteiger partial charge in [0, 0.05) is 31.3 Å². The Morgan fingerprint density at radius 2 is 2.23 bits per heavy atom. The maximum absolute atomic E-state index is 12.7. The van der Waals surface area contributed by atoms with Crippen LogP contribution in [0, 0.1) is 6.92 Å². The molecule has 8 heteroatoms. The van der Waals surface area contributed by atoms with Crippen LogP contribution < -0.4 is 5.32 Å². The van der Waals surface area contributed by atoms with Crippen molar-refractivity contribution in [3.05, 3.63) is 52.7 Å². The summed E-state index contributed by atoms with van der Waals surface area (Å²) in [7, 11) is 1.67. The summed E-state index contributed by atoms with van der Waals surface area (Å²) in [5, 5.41) is 12.2. The van der Waals surface area contributed by atoms with Gasteiger partial charge in [0.2, 0.25) is 0 Å². The van der Waals surface area contributed by atoms with Crippen molar-refractivity contribution in [1.29, 1.82) is 0 Å². The number of amides is 1. The van der Waals surface area contributed by atoms with Crippen LogP contribution in [0.1, 0.15) is 28.3 Å². The molecule has 3 rings (SSSR count). The van der Waals surface area contributed by atoms with Gasteiger partial charge >= 0.3 is 0 Å². The van der Waals surface area contributed by atoms with Gasteiger partial charge < -0.3 is 14.6 Å². The summed E-state index contributed by atoms with van der Waals surface area (Å²) in [6, 6.07) is 7.18. The van der Waals surface area contributed by atoms with Crippen molar-refractivity contribution in [1.82, 2.24) is 25.1 Å². The third-order valence-electron chi connectivity index (χ3n) is 4.01. The third-order valence-corrected chi connectivity index (χ3v) is 4.32. The van der Waals surface area contributed by atoms with Gasteiger partial charge in [-0.25, -0.2) is 0 Å². The van der Waals surface area contributed by atoms with E-state index in [9.17, 15) is 4.79 Å². The number of hydrogen-bond donors (Lipinski definition) is 1. The lowest BCUT2D eigenvalue weighted by Crippen LogP contribution is -2.25. The van der Waals surface area contributed by atoms with Crippen molar-refractivity contribution in [3.8, 4) is 0 Å². The standard InChI is InChI=1S/C18H20ClN5O2/c1-12-9-14(13-5-3-6-15(19)17(13)22-12)18(25)20-10-16-23-21-11-24(16)7-4-8-26-2/h3,5-6,9,11H,4,7-8,10H2,1-2H3,(H,20,25). The van der Waals surface area contributed by atoms with Crippen LogP contribution in [0.4, 0.5) is 0 Å². The van der Waals surface area contributed by atoms with E-state index in [1.165, 1.54) is 0 Å². The molecule has 0 spiro atoms. The van der Waals surface area contributed by atoms with Crippen molar-refractivity contribution in [2.75, 3.05) is 13.7 Å². The van der Waals surface area contributed by atoms with Crippen LogP contribution in [0.3, 0.4) is 0 Å². The smallest absolute Gasteiger partial charge is 0.252 e. The highest BCUT2D eigenvalue weighted by Gasteiger charge is 2.14. The fourth-order valence-corrected chi connectivity index (χ4v) is 2.98. The molecule has 0 bridgehead atoms. The molecule has 0 aliphatic rings. The Kier molecular flexibility index (Phi) is 5.80. The highest BCUT2D eigenvalue weighted by atomic mass is 35.5. The van der Waals surface area contributed by atoms with Crippen molar-refractivity contribution < 1.29 is 9.53 Å². The molecule has 2 aromatic heterocycles. The summed E-state index contributed by atoms with van der Waals surface area (Å²) in [4.78, 5) is 17.2. The van der Waals surface area contributed by atoms with E-state index < -0.39 is 0 Å². The van der Waals surface area contributed by atoms with Crippen molar-refractivity contribution in [2.45, 2.75) is 26.4 Å². The summed E-state index contributed by atoms with van der Waals surface area (Å²) < 4.78 is 6.97. The molecular formula is C18H20ClN5O2.